The average Bonchev–Trinajstić information content (AvgIpc) is 3.07. The van der Waals surface area contributed by atoms with Crippen molar-refractivity contribution in [3.05, 3.63) is 59.9 Å². The first kappa shape index (κ1) is 19.0. The number of nitrogens with one attached hydrogen (secondary N) is 1. The van der Waals surface area contributed by atoms with Gasteiger partial charge in [0.05, 0.1) is 24.2 Å². The average molecular weight is 375 g/mol. The lowest BCUT2D eigenvalue weighted by atomic mass is 9.96. The van der Waals surface area contributed by atoms with Crippen LogP contribution in [0.1, 0.15) is 30.9 Å². The molecule has 3 rings (SSSR count). The molecule has 2 heterocycles. The number of rotatable bonds is 8. The Hall–Kier alpha value is -1.76. The highest BCUT2D eigenvalue weighted by molar-refractivity contribution is 7.89. The minimum atomic E-state index is -3.55. The molecule has 5 nitrogen and oxygen atoms in total. The summed E-state index contributed by atoms with van der Waals surface area (Å²) in [4.78, 5) is 4.33. The minimum absolute atomic E-state index is 0.121. The molecule has 1 saturated heterocycles. The standard InChI is InChI=1S/C20H26N2O3S/c1-2-3-4-16-5-7-19(8-6-16)26(23,24)22-20-15-25-14-18(20)13-17-9-11-21-12-10-17/h5-12,18,20,22H,2-4,13-15H2,1H3/t18-,20-/m1/s1. The molecular formula is C20H26N2O3S. The Morgan fingerprint density at radius 3 is 2.50 bits per heavy atom. The van der Waals surface area contributed by atoms with Crippen molar-refractivity contribution in [3.8, 4) is 0 Å². The maximum absolute atomic E-state index is 12.7. The molecule has 0 radical (unpaired) electrons. The van der Waals surface area contributed by atoms with Gasteiger partial charge >= 0.3 is 0 Å². The second-order valence-electron chi connectivity index (χ2n) is 6.83. The van der Waals surface area contributed by atoms with Crippen LogP contribution in [-0.4, -0.2) is 32.7 Å². The van der Waals surface area contributed by atoms with Crippen molar-refractivity contribution in [3.63, 3.8) is 0 Å². The number of nitrogens with zero attached hydrogens (tertiary/aromatic N) is 1. The van der Waals surface area contributed by atoms with Gasteiger partial charge in [0.1, 0.15) is 0 Å². The van der Waals surface area contributed by atoms with Crippen molar-refractivity contribution in [2.45, 2.75) is 43.5 Å². The molecule has 1 aliphatic rings. The third-order valence-electron chi connectivity index (χ3n) is 4.80. The van der Waals surface area contributed by atoms with Crippen LogP contribution in [0.5, 0.6) is 0 Å². The highest BCUT2D eigenvalue weighted by Gasteiger charge is 2.32. The summed E-state index contributed by atoms with van der Waals surface area (Å²) >= 11 is 0. The molecule has 2 atom stereocenters. The summed E-state index contributed by atoms with van der Waals surface area (Å²) < 4.78 is 33.9. The first-order valence-corrected chi connectivity index (χ1v) is 10.6. The number of sulfonamides is 1. The zero-order valence-electron chi connectivity index (χ0n) is 15.1. The summed E-state index contributed by atoms with van der Waals surface area (Å²) in [6.07, 6.45) is 7.50. The van der Waals surface area contributed by atoms with E-state index in [-0.39, 0.29) is 12.0 Å². The monoisotopic (exact) mass is 374 g/mol. The highest BCUT2D eigenvalue weighted by Crippen LogP contribution is 2.21. The van der Waals surface area contributed by atoms with Crippen molar-refractivity contribution < 1.29 is 13.2 Å². The van der Waals surface area contributed by atoms with Crippen LogP contribution < -0.4 is 4.72 Å². The van der Waals surface area contributed by atoms with Gasteiger partial charge < -0.3 is 4.74 Å². The van der Waals surface area contributed by atoms with Gasteiger partial charge in [-0.3, -0.25) is 4.98 Å². The zero-order chi connectivity index (χ0) is 18.4. The Morgan fingerprint density at radius 2 is 1.81 bits per heavy atom. The molecule has 26 heavy (non-hydrogen) atoms. The summed E-state index contributed by atoms with van der Waals surface area (Å²) in [6.45, 7) is 3.11. The van der Waals surface area contributed by atoms with Crippen LogP contribution in [0, 0.1) is 5.92 Å². The molecule has 0 aliphatic carbocycles. The van der Waals surface area contributed by atoms with E-state index < -0.39 is 10.0 Å². The van der Waals surface area contributed by atoms with Gasteiger partial charge in [-0.2, -0.15) is 0 Å². The van der Waals surface area contributed by atoms with E-state index in [0.29, 0.717) is 18.1 Å². The van der Waals surface area contributed by atoms with Crippen molar-refractivity contribution >= 4 is 10.0 Å². The van der Waals surface area contributed by atoms with Crippen molar-refractivity contribution in [2.24, 2.45) is 5.92 Å². The number of aryl methyl sites for hydroxylation is 1. The molecule has 0 spiro atoms. The van der Waals surface area contributed by atoms with Gasteiger partial charge in [-0.1, -0.05) is 25.5 Å². The third kappa shape index (κ3) is 4.90. The fraction of sp³-hybridized carbons (Fsp3) is 0.450. The van der Waals surface area contributed by atoms with Crippen molar-refractivity contribution in [1.82, 2.24) is 9.71 Å². The molecule has 2 aromatic rings. The smallest absolute Gasteiger partial charge is 0.240 e. The van der Waals surface area contributed by atoms with Crippen molar-refractivity contribution in [1.29, 1.82) is 0 Å². The summed E-state index contributed by atoms with van der Waals surface area (Å²) in [5, 5.41) is 0. The molecule has 1 aromatic heterocycles. The fourth-order valence-corrected chi connectivity index (χ4v) is 4.52. The van der Waals surface area contributed by atoms with Gasteiger partial charge in [0.2, 0.25) is 10.0 Å². The van der Waals surface area contributed by atoms with Gasteiger partial charge in [-0.25, -0.2) is 13.1 Å². The van der Waals surface area contributed by atoms with E-state index in [1.165, 1.54) is 5.56 Å². The predicted octanol–water partition coefficient (Wildman–Crippen LogP) is 2.96. The van der Waals surface area contributed by atoms with Crippen LogP contribution in [0.25, 0.3) is 0 Å². The lowest BCUT2D eigenvalue weighted by Gasteiger charge is -2.19. The van der Waals surface area contributed by atoms with Crippen LogP contribution in [0.3, 0.4) is 0 Å². The van der Waals surface area contributed by atoms with Gasteiger partial charge in [0, 0.05) is 18.3 Å². The minimum Gasteiger partial charge on any atom is -0.379 e. The van der Waals surface area contributed by atoms with Gasteiger partial charge in [0.25, 0.3) is 0 Å². The lowest BCUT2D eigenvalue weighted by molar-refractivity contribution is 0.183. The quantitative estimate of drug-likeness (QED) is 0.771. The highest BCUT2D eigenvalue weighted by atomic mass is 32.2. The summed E-state index contributed by atoms with van der Waals surface area (Å²) in [6, 6.07) is 10.9. The lowest BCUT2D eigenvalue weighted by Crippen LogP contribution is -2.40. The molecule has 140 valence electrons. The Kier molecular flexibility index (Phi) is 6.40. The van der Waals surface area contributed by atoms with Crippen LogP contribution in [0.4, 0.5) is 0 Å². The van der Waals surface area contributed by atoms with Gasteiger partial charge in [-0.05, 0) is 54.7 Å². The summed E-state index contributed by atoms with van der Waals surface area (Å²) in [7, 11) is -3.55. The Morgan fingerprint density at radius 1 is 1.08 bits per heavy atom. The van der Waals surface area contributed by atoms with Crippen LogP contribution in [-0.2, 0) is 27.6 Å². The maximum Gasteiger partial charge on any atom is 0.240 e. The molecule has 6 heteroatoms. The Bertz CT molecular complexity index is 792. The van der Waals surface area contributed by atoms with E-state index in [0.717, 1.165) is 31.2 Å². The molecule has 1 aromatic carbocycles. The Balaban J connectivity index is 1.66. The van der Waals surface area contributed by atoms with Crippen LogP contribution in [0.2, 0.25) is 0 Å². The second kappa shape index (κ2) is 8.75. The van der Waals surface area contributed by atoms with Crippen LogP contribution >= 0.6 is 0 Å². The number of aromatic nitrogens is 1. The van der Waals surface area contributed by atoms with E-state index in [4.69, 9.17) is 4.74 Å². The molecular weight excluding hydrogens is 348 g/mol. The van der Waals surface area contributed by atoms with E-state index in [9.17, 15) is 8.42 Å². The number of hydrogen-bond donors (Lipinski definition) is 1. The largest absolute Gasteiger partial charge is 0.379 e. The van der Waals surface area contributed by atoms with E-state index in [2.05, 4.69) is 16.6 Å². The number of ether oxygens (including phenoxy) is 1. The molecule has 1 N–H and O–H groups in total. The predicted molar refractivity (Wildman–Crippen MR) is 101 cm³/mol. The molecule has 1 aliphatic heterocycles. The zero-order valence-corrected chi connectivity index (χ0v) is 15.9. The summed E-state index contributed by atoms with van der Waals surface area (Å²) in [5.74, 6) is 0.121. The third-order valence-corrected chi connectivity index (χ3v) is 6.31. The SMILES string of the molecule is CCCCc1ccc(S(=O)(=O)N[C@@H]2COC[C@H]2Cc2ccncc2)cc1. The summed E-state index contributed by atoms with van der Waals surface area (Å²) in [5.41, 5.74) is 2.31. The van der Waals surface area contributed by atoms with Gasteiger partial charge in [0.15, 0.2) is 0 Å². The normalized spacial score (nSPS) is 20.3. The van der Waals surface area contributed by atoms with Crippen molar-refractivity contribution in [2.75, 3.05) is 13.2 Å². The molecule has 0 unspecified atom stereocenters. The number of unbranched alkanes of at least 4 members (excludes halogenated alkanes) is 1. The number of pyridine rings is 1. The first-order chi connectivity index (χ1) is 12.6. The number of benzene rings is 1. The fourth-order valence-electron chi connectivity index (χ4n) is 3.24. The maximum atomic E-state index is 12.7. The molecule has 1 fully saturated rings. The van der Waals surface area contributed by atoms with Gasteiger partial charge in [-0.15, -0.1) is 0 Å². The Labute approximate surface area is 155 Å². The first-order valence-electron chi connectivity index (χ1n) is 9.16. The molecule has 0 amide bonds. The topological polar surface area (TPSA) is 68.3 Å². The molecule has 0 saturated carbocycles. The molecule has 0 bridgehead atoms. The van der Waals surface area contributed by atoms with E-state index >= 15 is 0 Å². The van der Waals surface area contributed by atoms with E-state index in [1.54, 1.807) is 24.5 Å². The second-order valence-corrected chi connectivity index (χ2v) is 8.55. The van der Waals surface area contributed by atoms with Crippen LogP contribution in [0.15, 0.2) is 53.7 Å². The van der Waals surface area contributed by atoms with E-state index in [1.807, 2.05) is 24.3 Å². The number of hydrogen-bond acceptors (Lipinski definition) is 4.